The van der Waals surface area contributed by atoms with Crippen LogP contribution in [0.3, 0.4) is 0 Å². The molecular weight excluding hydrogens is 150 g/mol. The van der Waals surface area contributed by atoms with Crippen molar-refractivity contribution in [1.82, 2.24) is 15.5 Å². The monoisotopic (exact) mass is 163 g/mol. The van der Waals surface area contributed by atoms with Gasteiger partial charge in [-0.15, -0.1) is 0 Å². The van der Waals surface area contributed by atoms with E-state index in [1.54, 1.807) is 0 Å². The summed E-state index contributed by atoms with van der Waals surface area (Å²) >= 11 is 0. The Kier molecular flexibility index (Phi) is 1.17. The molecule has 3 heteroatoms. The molecule has 12 heavy (non-hydrogen) atoms. The molecule has 0 amide bonds. The second kappa shape index (κ2) is 2.10. The maximum atomic E-state index is 4.33. The number of nitrogens with one attached hydrogen (secondary N) is 2. The van der Waals surface area contributed by atoms with Crippen molar-refractivity contribution in [3.05, 3.63) is 17.0 Å². The Morgan fingerprint density at radius 1 is 1.42 bits per heavy atom. The van der Waals surface area contributed by atoms with E-state index in [0.29, 0.717) is 12.1 Å². The minimum absolute atomic E-state index is 0.595. The fourth-order valence-electron chi connectivity index (χ4n) is 2.55. The van der Waals surface area contributed by atoms with Gasteiger partial charge in [-0.25, -0.2) is 0 Å². The van der Waals surface area contributed by atoms with Crippen LogP contribution < -0.4 is 5.32 Å². The third-order valence-corrected chi connectivity index (χ3v) is 3.10. The average molecular weight is 163 g/mol. The zero-order valence-electron chi connectivity index (χ0n) is 7.22. The van der Waals surface area contributed by atoms with Crippen LogP contribution >= 0.6 is 0 Å². The van der Waals surface area contributed by atoms with Crippen LogP contribution in [0.5, 0.6) is 0 Å². The fourth-order valence-corrected chi connectivity index (χ4v) is 2.55. The predicted molar refractivity (Wildman–Crippen MR) is 45.9 cm³/mol. The molecule has 3 heterocycles. The zero-order chi connectivity index (χ0) is 8.13. The highest BCUT2D eigenvalue weighted by atomic mass is 15.1. The van der Waals surface area contributed by atoms with Gasteiger partial charge in [-0.2, -0.15) is 5.10 Å². The largest absolute Gasteiger partial charge is 0.307 e. The van der Waals surface area contributed by atoms with E-state index in [-0.39, 0.29) is 0 Å². The molecule has 64 valence electrons. The summed E-state index contributed by atoms with van der Waals surface area (Å²) < 4.78 is 0. The number of fused-ring (bicyclic) bond motifs is 4. The number of aromatic amines is 1. The van der Waals surface area contributed by atoms with Gasteiger partial charge in [-0.05, 0) is 19.8 Å². The van der Waals surface area contributed by atoms with E-state index in [0.717, 1.165) is 6.42 Å². The third-order valence-electron chi connectivity index (χ3n) is 3.10. The van der Waals surface area contributed by atoms with E-state index in [4.69, 9.17) is 0 Å². The average Bonchev–Trinajstić information content (AvgIpc) is 2.59. The molecule has 2 N–H and O–H groups in total. The van der Waals surface area contributed by atoms with Gasteiger partial charge >= 0.3 is 0 Å². The highest BCUT2D eigenvalue weighted by molar-refractivity contribution is 5.33. The van der Waals surface area contributed by atoms with Crippen molar-refractivity contribution in [2.45, 2.75) is 38.3 Å². The second-order valence-corrected chi connectivity index (χ2v) is 3.91. The first-order chi connectivity index (χ1) is 5.84. The van der Waals surface area contributed by atoms with Gasteiger partial charge in [0, 0.05) is 29.8 Å². The molecule has 0 aliphatic carbocycles. The van der Waals surface area contributed by atoms with Gasteiger partial charge < -0.3 is 5.32 Å². The van der Waals surface area contributed by atoms with Crippen molar-refractivity contribution in [1.29, 1.82) is 0 Å². The summed E-state index contributed by atoms with van der Waals surface area (Å²) in [4.78, 5) is 0. The number of hydrogen-bond donors (Lipinski definition) is 2. The standard InChI is InChI=1S/C9H13N3/c1-5-9-7-3-2-6(10-7)4-8(9)12-11-5/h6-7,10H,2-4H2,1H3,(H,11,12)/t6-,7+/m1/s1. The Morgan fingerprint density at radius 3 is 3.25 bits per heavy atom. The summed E-state index contributed by atoms with van der Waals surface area (Å²) in [7, 11) is 0. The lowest BCUT2D eigenvalue weighted by Gasteiger charge is -2.20. The normalized spacial score (nSPS) is 32.1. The molecule has 0 unspecified atom stereocenters. The van der Waals surface area contributed by atoms with E-state index in [2.05, 4.69) is 22.4 Å². The number of H-pyrrole nitrogens is 1. The van der Waals surface area contributed by atoms with Gasteiger partial charge in [0.2, 0.25) is 0 Å². The first-order valence-electron chi connectivity index (χ1n) is 4.64. The summed E-state index contributed by atoms with van der Waals surface area (Å²) in [6, 6.07) is 1.29. The Hall–Kier alpha value is -0.830. The third kappa shape index (κ3) is 0.719. The molecule has 3 rings (SSSR count). The maximum absolute atomic E-state index is 4.33. The Bertz CT molecular complexity index is 316. The van der Waals surface area contributed by atoms with Crippen molar-refractivity contribution in [3.8, 4) is 0 Å². The molecule has 3 nitrogen and oxygen atoms in total. The van der Waals surface area contributed by atoms with Crippen LogP contribution in [-0.4, -0.2) is 16.2 Å². The molecule has 0 spiro atoms. The zero-order valence-corrected chi connectivity index (χ0v) is 7.22. The molecule has 1 aromatic heterocycles. The molecule has 2 aliphatic rings. The maximum Gasteiger partial charge on any atom is 0.0688 e. The Morgan fingerprint density at radius 2 is 2.33 bits per heavy atom. The molecule has 2 aliphatic heterocycles. The molecule has 1 aromatic rings. The van der Waals surface area contributed by atoms with Crippen molar-refractivity contribution in [3.63, 3.8) is 0 Å². The molecule has 2 bridgehead atoms. The van der Waals surface area contributed by atoms with Crippen molar-refractivity contribution < 1.29 is 0 Å². The van der Waals surface area contributed by atoms with Crippen molar-refractivity contribution in [2.24, 2.45) is 0 Å². The lowest BCUT2D eigenvalue weighted by Crippen LogP contribution is -2.31. The Balaban J connectivity index is 2.15. The van der Waals surface area contributed by atoms with Gasteiger partial charge in [0.25, 0.3) is 0 Å². The topological polar surface area (TPSA) is 40.7 Å². The fraction of sp³-hybridized carbons (Fsp3) is 0.667. The summed E-state index contributed by atoms with van der Waals surface area (Å²) in [6.07, 6.45) is 3.73. The molecule has 1 fully saturated rings. The van der Waals surface area contributed by atoms with E-state index in [1.165, 1.54) is 29.8 Å². The SMILES string of the molecule is Cc1[nH]nc2c1[C@@H]1CC[C@H](C2)N1. The van der Waals surface area contributed by atoms with E-state index >= 15 is 0 Å². The number of rotatable bonds is 0. The van der Waals surface area contributed by atoms with Crippen LogP contribution in [0.2, 0.25) is 0 Å². The summed E-state index contributed by atoms with van der Waals surface area (Å²) in [5.41, 5.74) is 4.00. The van der Waals surface area contributed by atoms with Crippen LogP contribution in [0.4, 0.5) is 0 Å². The summed E-state index contributed by atoms with van der Waals surface area (Å²) in [5, 5.41) is 11.0. The first kappa shape index (κ1) is 6.66. The smallest absolute Gasteiger partial charge is 0.0688 e. The molecule has 0 saturated carbocycles. The highest BCUT2D eigenvalue weighted by Gasteiger charge is 2.34. The van der Waals surface area contributed by atoms with E-state index in [9.17, 15) is 0 Å². The Labute approximate surface area is 71.6 Å². The predicted octanol–water partition coefficient (Wildman–Crippen LogP) is 1.07. The van der Waals surface area contributed by atoms with Gasteiger partial charge in [-0.3, -0.25) is 5.10 Å². The molecular formula is C9H13N3. The summed E-state index contributed by atoms with van der Waals surface area (Å²) in [5.74, 6) is 0. The van der Waals surface area contributed by atoms with Crippen LogP contribution in [0.15, 0.2) is 0 Å². The second-order valence-electron chi connectivity index (χ2n) is 3.91. The van der Waals surface area contributed by atoms with E-state index < -0.39 is 0 Å². The van der Waals surface area contributed by atoms with Crippen LogP contribution in [0.25, 0.3) is 0 Å². The minimum Gasteiger partial charge on any atom is -0.307 e. The van der Waals surface area contributed by atoms with Crippen LogP contribution in [0.1, 0.15) is 35.8 Å². The number of aryl methyl sites for hydroxylation is 1. The van der Waals surface area contributed by atoms with Crippen molar-refractivity contribution in [2.75, 3.05) is 0 Å². The first-order valence-corrected chi connectivity index (χ1v) is 4.64. The number of hydrogen-bond acceptors (Lipinski definition) is 2. The van der Waals surface area contributed by atoms with Gasteiger partial charge in [0.15, 0.2) is 0 Å². The molecule has 1 saturated heterocycles. The highest BCUT2D eigenvalue weighted by Crippen LogP contribution is 2.36. The van der Waals surface area contributed by atoms with Gasteiger partial charge in [0.1, 0.15) is 0 Å². The molecule has 0 aromatic carbocycles. The van der Waals surface area contributed by atoms with Crippen LogP contribution in [0, 0.1) is 6.92 Å². The lowest BCUT2D eigenvalue weighted by molar-refractivity contribution is 0.510. The van der Waals surface area contributed by atoms with Gasteiger partial charge in [-0.1, -0.05) is 0 Å². The van der Waals surface area contributed by atoms with Crippen molar-refractivity contribution >= 4 is 0 Å². The molecule has 0 radical (unpaired) electrons. The minimum atomic E-state index is 0.595. The lowest BCUT2D eigenvalue weighted by atomic mass is 10.0. The van der Waals surface area contributed by atoms with Crippen LogP contribution in [-0.2, 0) is 6.42 Å². The van der Waals surface area contributed by atoms with E-state index in [1.807, 2.05) is 0 Å². The quantitative estimate of drug-likeness (QED) is 0.600. The van der Waals surface area contributed by atoms with Gasteiger partial charge in [0.05, 0.1) is 5.69 Å². The number of aromatic nitrogens is 2. The number of nitrogens with zero attached hydrogens (tertiary/aromatic N) is 1. The summed E-state index contributed by atoms with van der Waals surface area (Å²) in [6.45, 7) is 2.12. The molecule has 2 atom stereocenters.